The van der Waals surface area contributed by atoms with E-state index in [0.717, 1.165) is 0 Å². The molecule has 2 unspecified atom stereocenters. The molecular weight excluding hydrogens is 280 g/mol. The third-order valence-corrected chi connectivity index (χ3v) is 4.83. The number of carbonyl (C=O) groups is 1. The third-order valence-electron chi connectivity index (χ3n) is 3.15. The van der Waals surface area contributed by atoms with Crippen molar-refractivity contribution in [1.82, 2.24) is 5.32 Å². The number of methoxy groups -OCH3 is 1. The molecule has 7 heteroatoms. The highest BCUT2D eigenvalue weighted by molar-refractivity contribution is 7.91. The molecule has 0 aliphatic carbocycles. The van der Waals surface area contributed by atoms with Crippen molar-refractivity contribution in [1.29, 1.82) is 5.26 Å². The fourth-order valence-electron chi connectivity index (χ4n) is 2.21. The van der Waals surface area contributed by atoms with Gasteiger partial charge in [-0.1, -0.05) is 12.1 Å². The molecule has 1 aromatic rings. The summed E-state index contributed by atoms with van der Waals surface area (Å²) in [6.45, 7) is 0. The number of hydrogen-bond acceptors (Lipinski definition) is 6. The van der Waals surface area contributed by atoms with E-state index >= 15 is 0 Å². The van der Waals surface area contributed by atoms with E-state index in [-0.39, 0.29) is 11.5 Å². The van der Waals surface area contributed by atoms with E-state index in [9.17, 15) is 13.2 Å². The summed E-state index contributed by atoms with van der Waals surface area (Å²) in [5.74, 6) is -0.974. The fraction of sp³-hybridized carbons (Fsp3) is 0.385. The summed E-state index contributed by atoms with van der Waals surface area (Å²) >= 11 is 0. The van der Waals surface area contributed by atoms with Gasteiger partial charge >= 0.3 is 5.97 Å². The summed E-state index contributed by atoms with van der Waals surface area (Å²) in [4.78, 5) is 11.6. The highest BCUT2D eigenvalue weighted by Crippen LogP contribution is 2.22. The lowest BCUT2D eigenvalue weighted by Gasteiger charge is -2.29. The molecule has 6 nitrogen and oxygen atoms in total. The van der Waals surface area contributed by atoms with Gasteiger partial charge in [-0.05, 0) is 17.7 Å². The van der Waals surface area contributed by atoms with Crippen LogP contribution < -0.4 is 5.32 Å². The molecule has 20 heavy (non-hydrogen) atoms. The van der Waals surface area contributed by atoms with Crippen LogP contribution in [0.5, 0.6) is 0 Å². The summed E-state index contributed by atoms with van der Waals surface area (Å²) < 4.78 is 28.4. The first kappa shape index (κ1) is 14.5. The number of rotatable bonds is 2. The second kappa shape index (κ2) is 5.61. The zero-order chi connectivity index (χ0) is 14.8. The van der Waals surface area contributed by atoms with Crippen LogP contribution in [0.3, 0.4) is 0 Å². The molecule has 1 aliphatic rings. The Bertz CT molecular complexity index is 663. The Hall–Kier alpha value is -1.91. The predicted molar refractivity (Wildman–Crippen MR) is 71.5 cm³/mol. The molecule has 1 aromatic carbocycles. The highest BCUT2D eigenvalue weighted by Gasteiger charge is 2.36. The van der Waals surface area contributed by atoms with Gasteiger partial charge in [0, 0.05) is 6.04 Å². The molecule has 0 saturated carbocycles. The zero-order valence-electron chi connectivity index (χ0n) is 10.9. The van der Waals surface area contributed by atoms with E-state index in [1.165, 1.54) is 7.11 Å². The lowest BCUT2D eigenvalue weighted by molar-refractivity contribution is -0.142. The van der Waals surface area contributed by atoms with Crippen molar-refractivity contribution in [3.8, 4) is 6.07 Å². The number of carbonyl (C=O) groups excluding carboxylic acids is 1. The summed E-state index contributed by atoms with van der Waals surface area (Å²) in [6.07, 6.45) is 0. The summed E-state index contributed by atoms with van der Waals surface area (Å²) in [7, 11) is -2.13. The van der Waals surface area contributed by atoms with Crippen LogP contribution in [0.15, 0.2) is 24.3 Å². The van der Waals surface area contributed by atoms with Gasteiger partial charge in [0.25, 0.3) is 0 Å². The average molecular weight is 294 g/mol. The van der Waals surface area contributed by atoms with Crippen molar-refractivity contribution in [2.75, 3.05) is 18.6 Å². The number of esters is 1. The smallest absolute Gasteiger partial charge is 0.323 e. The molecule has 1 aliphatic heterocycles. The van der Waals surface area contributed by atoms with E-state index in [0.29, 0.717) is 11.1 Å². The van der Waals surface area contributed by atoms with Crippen molar-refractivity contribution < 1.29 is 17.9 Å². The van der Waals surface area contributed by atoms with Crippen LogP contribution in [0.4, 0.5) is 0 Å². The first-order valence-electron chi connectivity index (χ1n) is 5.99. The molecule has 2 rings (SSSR count). The minimum Gasteiger partial charge on any atom is -0.468 e. The second-order valence-corrected chi connectivity index (χ2v) is 6.76. The van der Waals surface area contributed by atoms with Crippen molar-refractivity contribution in [2.45, 2.75) is 12.1 Å². The molecule has 1 saturated heterocycles. The number of nitrogens with zero attached hydrogens (tertiary/aromatic N) is 1. The Labute approximate surface area is 117 Å². The topological polar surface area (TPSA) is 96.3 Å². The van der Waals surface area contributed by atoms with Crippen molar-refractivity contribution in [2.24, 2.45) is 0 Å². The summed E-state index contributed by atoms with van der Waals surface area (Å²) in [5.41, 5.74) is 1.11. The van der Waals surface area contributed by atoms with Gasteiger partial charge in [-0.25, -0.2) is 8.42 Å². The fourth-order valence-corrected chi connectivity index (χ4v) is 3.88. The Morgan fingerprint density at radius 3 is 2.85 bits per heavy atom. The van der Waals surface area contributed by atoms with E-state index in [1.54, 1.807) is 24.3 Å². The molecular formula is C13H14N2O4S. The monoisotopic (exact) mass is 294 g/mol. The Kier molecular flexibility index (Phi) is 4.06. The van der Waals surface area contributed by atoms with Crippen LogP contribution >= 0.6 is 0 Å². The van der Waals surface area contributed by atoms with Gasteiger partial charge in [-0.15, -0.1) is 0 Å². The van der Waals surface area contributed by atoms with Gasteiger partial charge in [0.05, 0.1) is 30.2 Å². The van der Waals surface area contributed by atoms with Crippen molar-refractivity contribution in [3.05, 3.63) is 35.4 Å². The number of hydrogen-bond donors (Lipinski definition) is 1. The van der Waals surface area contributed by atoms with Gasteiger partial charge in [0.2, 0.25) is 0 Å². The number of ether oxygens (including phenoxy) is 1. The predicted octanol–water partition coefficient (Wildman–Crippen LogP) is 0.159. The lowest BCUT2D eigenvalue weighted by Crippen LogP contribution is -2.51. The van der Waals surface area contributed by atoms with Crippen molar-refractivity contribution >= 4 is 15.8 Å². The maximum Gasteiger partial charge on any atom is 0.323 e. The number of sulfone groups is 1. The summed E-state index contributed by atoms with van der Waals surface area (Å²) in [6, 6.07) is 7.27. The van der Waals surface area contributed by atoms with Gasteiger partial charge < -0.3 is 4.74 Å². The van der Waals surface area contributed by atoms with Crippen LogP contribution in [-0.4, -0.2) is 39.0 Å². The maximum absolute atomic E-state index is 11.9. The van der Waals surface area contributed by atoms with Gasteiger partial charge in [0.1, 0.15) is 6.04 Å². The van der Waals surface area contributed by atoms with E-state index in [1.807, 2.05) is 6.07 Å². The summed E-state index contributed by atoms with van der Waals surface area (Å²) in [5, 5.41) is 11.8. The van der Waals surface area contributed by atoms with E-state index < -0.39 is 27.9 Å². The average Bonchev–Trinajstić information content (AvgIpc) is 2.44. The van der Waals surface area contributed by atoms with Crippen LogP contribution in [0.2, 0.25) is 0 Å². The normalized spacial score (nSPS) is 24.6. The number of nitriles is 1. The Morgan fingerprint density at radius 1 is 1.45 bits per heavy atom. The molecule has 1 N–H and O–H groups in total. The minimum absolute atomic E-state index is 0.102. The molecule has 0 radical (unpaired) electrons. The molecule has 0 spiro atoms. The molecule has 0 aromatic heterocycles. The second-order valence-electron chi connectivity index (χ2n) is 4.61. The molecule has 1 fully saturated rings. The number of nitrogens with one attached hydrogen (secondary N) is 1. The van der Waals surface area contributed by atoms with Crippen LogP contribution in [-0.2, 0) is 19.4 Å². The third kappa shape index (κ3) is 3.15. The van der Waals surface area contributed by atoms with Crippen molar-refractivity contribution in [3.63, 3.8) is 0 Å². The Balaban J connectivity index is 2.31. The quantitative estimate of drug-likeness (QED) is 0.780. The van der Waals surface area contributed by atoms with Gasteiger partial charge in [-0.3, -0.25) is 10.1 Å². The standard InChI is InChI=1S/C13H14N2O4S/c1-19-13(16)12-8-20(17,18)7-11(15-12)10-4-2-3-9(5-10)6-14/h2-5,11-12,15H,7-8H2,1H3. The lowest BCUT2D eigenvalue weighted by atomic mass is 10.0. The molecule has 0 bridgehead atoms. The highest BCUT2D eigenvalue weighted by atomic mass is 32.2. The first-order valence-corrected chi connectivity index (χ1v) is 7.81. The van der Waals surface area contributed by atoms with Gasteiger partial charge in [-0.2, -0.15) is 5.26 Å². The Morgan fingerprint density at radius 2 is 2.20 bits per heavy atom. The van der Waals surface area contributed by atoms with Crippen LogP contribution in [0, 0.1) is 11.3 Å². The molecule has 2 atom stereocenters. The molecule has 106 valence electrons. The van der Waals surface area contributed by atoms with E-state index in [2.05, 4.69) is 10.1 Å². The van der Waals surface area contributed by atoms with E-state index in [4.69, 9.17) is 5.26 Å². The zero-order valence-corrected chi connectivity index (χ0v) is 11.7. The van der Waals surface area contributed by atoms with Crippen LogP contribution in [0.25, 0.3) is 0 Å². The SMILES string of the molecule is COC(=O)C1CS(=O)(=O)CC(c2cccc(C#N)c2)N1. The maximum atomic E-state index is 11.9. The first-order chi connectivity index (χ1) is 9.45. The minimum atomic E-state index is -3.35. The molecule has 0 amide bonds. The van der Waals surface area contributed by atoms with Gasteiger partial charge in [0.15, 0.2) is 9.84 Å². The molecule has 1 heterocycles. The van der Waals surface area contributed by atoms with Crippen LogP contribution in [0.1, 0.15) is 17.2 Å². The number of benzene rings is 1. The largest absolute Gasteiger partial charge is 0.468 e.